The molecule has 3 aromatic carbocycles. The van der Waals surface area contributed by atoms with Gasteiger partial charge < -0.3 is 10.2 Å². The molecule has 4 rings (SSSR count). The number of carbonyl (C=O) groups is 1. The van der Waals surface area contributed by atoms with Crippen LogP contribution in [0.15, 0.2) is 77.8 Å². The SMILES string of the molecule is Cc1ccc(S(=O)(=O)n2ncc3cc(C[C@@H](CNC(=O)C[C@H](C)c4ccccc4)N(C)C)c(Cl)cc32)cc1. The number of hydrogen-bond acceptors (Lipinski definition) is 5. The molecule has 4 aromatic rings. The van der Waals surface area contributed by atoms with Gasteiger partial charge in [0.25, 0.3) is 10.0 Å². The van der Waals surface area contributed by atoms with Crippen molar-refractivity contribution in [1.29, 1.82) is 0 Å². The molecule has 0 aliphatic rings. The summed E-state index contributed by atoms with van der Waals surface area (Å²) < 4.78 is 27.4. The molecule has 0 aliphatic carbocycles. The van der Waals surface area contributed by atoms with E-state index in [0.717, 1.165) is 20.8 Å². The van der Waals surface area contributed by atoms with E-state index in [1.54, 1.807) is 30.3 Å². The molecule has 1 N–H and O–H groups in total. The van der Waals surface area contributed by atoms with E-state index < -0.39 is 10.0 Å². The van der Waals surface area contributed by atoms with Crippen LogP contribution in [0.1, 0.15) is 36.0 Å². The van der Waals surface area contributed by atoms with Crippen LogP contribution in [0.2, 0.25) is 5.02 Å². The molecule has 0 saturated carbocycles. The van der Waals surface area contributed by atoms with Gasteiger partial charge in [0.15, 0.2) is 0 Å². The highest BCUT2D eigenvalue weighted by Crippen LogP contribution is 2.28. The molecular formula is C29H33ClN4O3S. The van der Waals surface area contributed by atoms with Gasteiger partial charge in [0, 0.05) is 29.4 Å². The Morgan fingerprint density at radius 1 is 1.08 bits per heavy atom. The molecule has 0 saturated heterocycles. The van der Waals surface area contributed by atoms with Crippen LogP contribution in [0, 0.1) is 6.92 Å². The second-order valence-electron chi connectivity index (χ2n) is 9.95. The average molecular weight is 553 g/mol. The Balaban J connectivity index is 1.48. The minimum Gasteiger partial charge on any atom is -0.355 e. The van der Waals surface area contributed by atoms with Crippen LogP contribution in [-0.2, 0) is 21.2 Å². The first-order chi connectivity index (χ1) is 18.1. The first kappa shape index (κ1) is 27.8. The molecule has 0 fully saturated rings. The van der Waals surface area contributed by atoms with Gasteiger partial charge in [0.2, 0.25) is 5.91 Å². The zero-order valence-electron chi connectivity index (χ0n) is 22.1. The molecule has 38 heavy (non-hydrogen) atoms. The van der Waals surface area contributed by atoms with Crippen LogP contribution in [0.25, 0.3) is 10.9 Å². The number of benzene rings is 3. The van der Waals surface area contributed by atoms with Crippen molar-refractivity contribution < 1.29 is 13.2 Å². The number of amides is 1. The van der Waals surface area contributed by atoms with E-state index in [1.807, 2.05) is 69.2 Å². The summed E-state index contributed by atoms with van der Waals surface area (Å²) in [6.45, 7) is 4.41. The minimum absolute atomic E-state index is 0.00246. The Morgan fingerprint density at radius 3 is 2.42 bits per heavy atom. The number of nitrogens with one attached hydrogen (secondary N) is 1. The molecule has 1 heterocycles. The van der Waals surface area contributed by atoms with Crippen molar-refractivity contribution in [2.45, 2.75) is 43.5 Å². The van der Waals surface area contributed by atoms with Crippen molar-refractivity contribution in [3.8, 4) is 0 Å². The van der Waals surface area contributed by atoms with Gasteiger partial charge in [0.05, 0.1) is 16.6 Å². The van der Waals surface area contributed by atoms with Crippen molar-refractivity contribution in [1.82, 2.24) is 19.4 Å². The van der Waals surface area contributed by atoms with E-state index >= 15 is 0 Å². The third-order valence-electron chi connectivity index (χ3n) is 6.83. The number of hydrogen-bond donors (Lipinski definition) is 1. The first-order valence-corrected chi connectivity index (χ1v) is 14.3. The van der Waals surface area contributed by atoms with Gasteiger partial charge in [-0.1, -0.05) is 66.6 Å². The number of halogens is 1. The molecule has 0 unspecified atom stereocenters. The van der Waals surface area contributed by atoms with Crippen LogP contribution in [0.4, 0.5) is 0 Å². The van der Waals surface area contributed by atoms with Crippen molar-refractivity contribution in [2.75, 3.05) is 20.6 Å². The highest BCUT2D eigenvalue weighted by molar-refractivity contribution is 7.90. The molecule has 200 valence electrons. The lowest BCUT2D eigenvalue weighted by Gasteiger charge is -2.25. The van der Waals surface area contributed by atoms with Crippen molar-refractivity contribution in [2.24, 2.45) is 0 Å². The summed E-state index contributed by atoms with van der Waals surface area (Å²) in [5.74, 6) is 0.121. The number of fused-ring (bicyclic) bond motifs is 1. The number of aryl methyl sites for hydroxylation is 1. The summed E-state index contributed by atoms with van der Waals surface area (Å²) in [6, 6.07) is 20.2. The van der Waals surface area contributed by atoms with Crippen molar-refractivity contribution in [3.63, 3.8) is 0 Å². The van der Waals surface area contributed by atoms with Gasteiger partial charge in [-0.3, -0.25) is 4.79 Å². The molecule has 7 nitrogen and oxygen atoms in total. The fraction of sp³-hybridized carbons (Fsp3) is 0.310. The molecule has 9 heteroatoms. The monoisotopic (exact) mass is 552 g/mol. The van der Waals surface area contributed by atoms with E-state index in [1.165, 1.54) is 6.20 Å². The Kier molecular flexibility index (Phi) is 8.55. The van der Waals surface area contributed by atoms with Crippen LogP contribution < -0.4 is 5.32 Å². The van der Waals surface area contributed by atoms with Crippen molar-refractivity contribution >= 4 is 38.4 Å². The van der Waals surface area contributed by atoms with Gasteiger partial charge >= 0.3 is 0 Å². The third-order valence-corrected chi connectivity index (χ3v) is 8.80. The summed E-state index contributed by atoms with van der Waals surface area (Å²) in [5.41, 5.74) is 3.39. The summed E-state index contributed by atoms with van der Waals surface area (Å²) in [6.07, 6.45) is 2.52. The predicted octanol–water partition coefficient (Wildman–Crippen LogP) is 5.02. The highest BCUT2D eigenvalue weighted by atomic mass is 35.5. The summed E-state index contributed by atoms with van der Waals surface area (Å²) in [7, 11) is 0.0585. The van der Waals surface area contributed by atoms with E-state index in [2.05, 4.69) is 10.4 Å². The summed E-state index contributed by atoms with van der Waals surface area (Å²) in [5, 5.41) is 8.38. The zero-order chi connectivity index (χ0) is 27.4. The van der Waals surface area contributed by atoms with Crippen LogP contribution >= 0.6 is 11.6 Å². The lowest BCUT2D eigenvalue weighted by Crippen LogP contribution is -2.41. The van der Waals surface area contributed by atoms with Crippen molar-refractivity contribution in [3.05, 3.63) is 94.6 Å². The Morgan fingerprint density at radius 2 is 1.76 bits per heavy atom. The number of rotatable bonds is 10. The maximum Gasteiger partial charge on any atom is 0.283 e. The second kappa shape index (κ2) is 11.7. The van der Waals surface area contributed by atoms with Gasteiger partial charge in [-0.25, -0.2) is 0 Å². The zero-order valence-corrected chi connectivity index (χ0v) is 23.6. The molecule has 1 aromatic heterocycles. The van der Waals surface area contributed by atoms with E-state index in [-0.39, 0.29) is 22.8 Å². The maximum atomic E-state index is 13.2. The fourth-order valence-electron chi connectivity index (χ4n) is 4.40. The standard InChI is InChI=1S/C29H33ClN4O3S/c1-20-10-12-26(13-11-20)38(36,37)34-28-17-27(30)23(15-24(28)18-32-34)16-25(33(3)4)19-31-29(35)14-21(2)22-8-6-5-7-9-22/h5-13,15,17-18,21,25H,14,16,19H2,1-4H3,(H,31,35)/t21-,25-/m0/s1. The van der Waals surface area contributed by atoms with E-state index in [0.29, 0.717) is 35.3 Å². The summed E-state index contributed by atoms with van der Waals surface area (Å²) >= 11 is 6.66. The average Bonchev–Trinajstić information content (AvgIpc) is 3.30. The molecule has 0 radical (unpaired) electrons. The molecule has 0 bridgehead atoms. The maximum absolute atomic E-state index is 13.2. The second-order valence-corrected chi connectivity index (χ2v) is 12.1. The van der Waals surface area contributed by atoms with Crippen LogP contribution in [-0.4, -0.2) is 55.1 Å². The number of carbonyl (C=O) groups excluding carboxylic acids is 1. The lowest BCUT2D eigenvalue weighted by atomic mass is 9.97. The molecule has 0 aliphatic heterocycles. The lowest BCUT2D eigenvalue weighted by molar-refractivity contribution is -0.121. The molecule has 2 atom stereocenters. The van der Waals surface area contributed by atoms with Gasteiger partial charge in [-0.2, -0.15) is 17.6 Å². The highest BCUT2D eigenvalue weighted by Gasteiger charge is 2.23. The first-order valence-electron chi connectivity index (χ1n) is 12.5. The third kappa shape index (κ3) is 6.26. The van der Waals surface area contributed by atoms with Crippen LogP contribution in [0.5, 0.6) is 0 Å². The normalized spacial score (nSPS) is 13.5. The summed E-state index contributed by atoms with van der Waals surface area (Å²) in [4.78, 5) is 14.9. The van der Waals surface area contributed by atoms with Gasteiger partial charge in [-0.05, 0) is 68.8 Å². The Labute approximate surface area is 229 Å². The van der Waals surface area contributed by atoms with E-state index in [9.17, 15) is 13.2 Å². The Hall–Kier alpha value is -3.20. The van der Waals surface area contributed by atoms with Gasteiger partial charge in [0.1, 0.15) is 0 Å². The molecule has 1 amide bonds. The fourth-order valence-corrected chi connectivity index (χ4v) is 5.91. The number of nitrogens with zero attached hydrogens (tertiary/aromatic N) is 3. The topological polar surface area (TPSA) is 84.3 Å². The Bertz CT molecular complexity index is 1520. The largest absolute Gasteiger partial charge is 0.355 e. The smallest absolute Gasteiger partial charge is 0.283 e. The predicted molar refractivity (Wildman–Crippen MR) is 152 cm³/mol. The molecular weight excluding hydrogens is 520 g/mol. The minimum atomic E-state index is -3.86. The number of likely N-dealkylation sites (N-methyl/N-ethyl adjacent to an activating group) is 1. The number of aromatic nitrogens is 2. The van der Waals surface area contributed by atoms with E-state index in [4.69, 9.17) is 11.6 Å². The van der Waals surface area contributed by atoms with Gasteiger partial charge in [-0.15, -0.1) is 0 Å². The molecule has 0 spiro atoms. The van der Waals surface area contributed by atoms with Crippen LogP contribution in [0.3, 0.4) is 0 Å². The quantitative estimate of drug-likeness (QED) is 0.299.